The molecule has 0 unspecified atom stereocenters. The molecule has 7 heteroatoms. The molecule has 0 spiro atoms. The number of carboxylic acids is 1. The molecule has 0 saturated heterocycles. The number of hydrogen-bond acceptors (Lipinski definition) is 4. The SMILES string of the molecule is O=C(O)c1ccc(Cl)c(-c2ccc(CNCCCn3ccnc3)o2)c1. The third-order valence-corrected chi connectivity index (χ3v) is 4.10. The zero-order valence-corrected chi connectivity index (χ0v) is 14.2. The van der Waals surface area contributed by atoms with Crippen LogP contribution in [0.15, 0.2) is 53.5 Å². The molecule has 0 amide bonds. The summed E-state index contributed by atoms with van der Waals surface area (Å²) < 4.78 is 7.81. The molecule has 0 aliphatic carbocycles. The maximum Gasteiger partial charge on any atom is 0.335 e. The molecule has 0 fully saturated rings. The van der Waals surface area contributed by atoms with E-state index in [1.165, 1.54) is 12.1 Å². The Labute approximate surface area is 150 Å². The summed E-state index contributed by atoms with van der Waals surface area (Å²) in [6, 6.07) is 8.22. The lowest BCUT2D eigenvalue weighted by Crippen LogP contribution is -2.15. The van der Waals surface area contributed by atoms with Gasteiger partial charge in [0.25, 0.3) is 0 Å². The van der Waals surface area contributed by atoms with Crippen molar-refractivity contribution in [2.45, 2.75) is 19.5 Å². The van der Waals surface area contributed by atoms with Crippen molar-refractivity contribution in [1.82, 2.24) is 14.9 Å². The van der Waals surface area contributed by atoms with E-state index in [9.17, 15) is 4.79 Å². The fraction of sp³-hybridized carbons (Fsp3) is 0.222. The van der Waals surface area contributed by atoms with Crippen LogP contribution in [-0.4, -0.2) is 27.2 Å². The van der Waals surface area contributed by atoms with Gasteiger partial charge >= 0.3 is 5.97 Å². The average Bonchev–Trinajstić information content (AvgIpc) is 3.26. The van der Waals surface area contributed by atoms with Gasteiger partial charge in [-0.05, 0) is 43.3 Å². The number of benzene rings is 1. The predicted octanol–water partition coefficient (Wildman–Crippen LogP) is 3.67. The molecule has 25 heavy (non-hydrogen) atoms. The number of rotatable bonds is 8. The lowest BCUT2D eigenvalue weighted by molar-refractivity contribution is 0.0697. The molecule has 1 aromatic carbocycles. The van der Waals surface area contributed by atoms with Crippen molar-refractivity contribution < 1.29 is 14.3 Å². The molecule has 0 aliphatic heterocycles. The van der Waals surface area contributed by atoms with Gasteiger partial charge < -0.3 is 19.4 Å². The van der Waals surface area contributed by atoms with Crippen LogP contribution in [0.3, 0.4) is 0 Å². The molecule has 3 rings (SSSR count). The lowest BCUT2D eigenvalue weighted by atomic mass is 10.1. The van der Waals surface area contributed by atoms with Gasteiger partial charge in [0.05, 0.1) is 23.5 Å². The quantitative estimate of drug-likeness (QED) is 0.600. The number of carboxylic acid groups (broad SMARTS) is 1. The van der Waals surface area contributed by atoms with E-state index in [0.717, 1.165) is 25.3 Å². The fourth-order valence-electron chi connectivity index (χ4n) is 2.48. The minimum atomic E-state index is -0.996. The van der Waals surface area contributed by atoms with Crippen molar-refractivity contribution in [2.75, 3.05) is 6.54 Å². The second-order valence-electron chi connectivity index (χ2n) is 5.60. The van der Waals surface area contributed by atoms with Crippen LogP contribution in [0, 0.1) is 0 Å². The van der Waals surface area contributed by atoms with Gasteiger partial charge in [-0.1, -0.05) is 11.6 Å². The Morgan fingerprint density at radius 1 is 1.32 bits per heavy atom. The summed E-state index contributed by atoms with van der Waals surface area (Å²) in [7, 11) is 0. The highest BCUT2D eigenvalue weighted by molar-refractivity contribution is 6.33. The first-order valence-electron chi connectivity index (χ1n) is 7.92. The van der Waals surface area contributed by atoms with Gasteiger partial charge in [0.2, 0.25) is 0 Å². The van der Waals surface area contributed by atoms with Crippen LogP contribution in [0.2, 0.25) is 5.02 Å². The average molecular weight is 360 g/mol. The Balaban J connectivity index is 1.55. The molecular weight excluding hydrogens is 342 g/mol. The lowest BCUT2D eigenvalue weighted by Gasteiger charge is -2.05. The van der Waals surface area contributed by atoms with Gasteiger partial charge in [-0.2, -0.15) is 0 Å². The third kappa shape index (κ3) is 4.49. The summed E-state index contributed by atoms with van der Waals surface area (Å²) in [6.07, 6.45) is 6.49. The zero-order valence-electron chi connectivity index (χ0n) is 13.5. The molecule has 0 atom stereocenters. The molecule has 3 aromatic rings. The second kappa shape index (κ2) is 8.00. The van der Waals surface area contributed by atoms with Gasteiger partial charge in [-0.15, -0.1) is 0 Å². The largest absolute Gasteiger partial charge is 0.478 e. The van der Waals surface area contributed by atoms with Crippen molar-refractivity contribution in [3.63, 3.8) is 0 Å². The summed E-state index contributed by atoms with van der Waals surface area (Å²) in [5, 5.41) is 12.9. The van der Waals surface area contributed by atoms with Crippen LogP contribution in [0.4, 0.5) is 0 Å². The summed E-state index contributed by atoms with van der Waals surface area (Å²) >= 11 is 6.16. The first kappa shape index (κ1) is 17.3. The molecule has 0 radical (unpaired) electrons. The topological polar surface area (TPSA) is 80.3 Å². The van der Waals surface area contributed by atoms with Crippen molar-refractivity contribution >= 4 is 17.6 Å². The van der Waals surface area contributed by atoms with Crippen LogP contribution < -0.4 is 5.32 Å². The molecule has 130 valence electrons. The number of nitrogens with zero attached hydrogens (tertiary/aromatic N) is 2. The number of nitrogens with one attached hydrogen (secondary N) is 1. The number of carbonyl (C=O) groups is 1. The highest BCUT2D eigenvalue weighted by Gasteiger charge is 2.12. The molecule has 0 bridgehead atoms. The van der Waals surface area contributed by atoms with Crippen LogP contribution >= 0.6 is 11.6 Å². The standard InChI is InChI=1S/C18H18ClN3O3/c19-16-4-2-13(18(23)24)10-15(16)17-5-3-14(25-17)11-20-6-1-8-22-9-7-21-12-22/h2-5,7,9-10,12,20H,1,6,8,11H2,(H,23,24). The molecule has 2 heterocycles. The molecule has 2 aromatic heterocycles. The Morgan fingerprint density at radius 2 is 2.20 bits per heavy atom. The highest BCUT2D eigenvalue weighted by Crippen LogP contribution is 2.30. The van der Waals surface area contributed by atoms with Gasteiger partial charge in [-0.3, -0.25) is 0 Å². The monoisotopic (exact) mass is 359 g/mol. The normalized spacial score (nSPS) is 10.9. The van der Waals surface area contributed by atoms with E-state index in [1.54, 1.807) is 24.7 Å². The van der Waals surface area contributed by atoms with Crippen LogP contribution in [0.5, 0.6) is 0 Å². The van der Waals surface area contributed by atoms with Gasteiger partial charge in [0.15, 0.2) is 0 Å². The molecule has 0 aliphatic rings. The molecule has 0 saturated carbocycles. The maximum atomic E-state index is 11.1. The number of aromatic carboxylic acids is 1. The summed E-state index contributed by atoms with van der Waals surface area (Å²) in [5.74, 6) is 0.335. The van der Waals surface area contributed by atoms with Crippen molar-refractivity contribution in [3.8, 4) is 11.3 Å². The highest BCUT2D eigenvalue weighted by atomic mass is 35.5. The van der Waals surface area contributed by atoms with E-state index in [1.807, 2.05) is 16.8 Å². The maximum absolute atomic E-state index is 11.1. The van der Waals surface area contributed by atoms with Gasteiger partial charge in [-0.25, -0.2) is 9.78 Å². The molecule has 6 nitrogen and oxygen atoms in total. The Bertz CT molecular complexity index is 843. The number of imidazole rings is 1. The van der Waals surface area contributed by atoms with Crippen LogP contribution in [0.1, 0.15) is 22.5 Å². The van der Waals surface area contributed by atoms with Crippen molar-refractivity contribution in [2.24, 2.45) is 0 Å². The minimum Gasteiger partial charge on any atom is -0.478 e. The Hall–Kier alpha value is -2.57. The molecular formula is C18H18ClN3O3. The second-order valence-corrected chi connectivity index (χ2v) is 6.00. The number of halogens is 1. The number of aryl methyl sites for hydroxylation is 1. The Morgan fingerprint density at radius 3 is 2.96 bits per heavy atom. The minimum absolute atomic E-state index is 0.176. The van der Waals surface area contributed by atoms with E-state index in [0.29, 0.717) is 22.9 Å². The number of furan rings is 1. The van der Waals surface area contributed by atoms with Crippen molar-refractivity contribution in [3.05, 3.63) is 65.4 Å². The van der Waals surface area contributed by atoms with Crippen LogP contribution in [0.25, 0.3) is 11.3 Å². The first-order chi connectivity index (χ1) is 12.1. The van der Waals surface area contributed by atoms with E-state index >= 15 is 0 Å². The third-order valence-electron chi connectivity index (χ3n) is 3.77. The summed E-state index contributed by atoms with van der Waals surface area (Å²) in [5.41, 5.74) is 0.753. The first-order valence-corrected chi connectivity index (χ1v) is 8.29. The fourth-order valence-corrected chi connectivity index (χ4v) is 2.69. The van der Waals surface area contributed by atoms with Crippen LogP contribution in [-0.2, 0) is 13.1 Å². The predicted molar refractivity (Wildman–Crippen MR) is 94.7 cm³/mol. The Kier molecular flexibility index (Phi) is 5.53. The van der Waals surface area contributed by atoms with Gasteiger partial charge in [0.1, 0.15) is 11.5 Å². The van der Waals surface area contributed by atoms with E-state index in [-0.39, 0.29) is 5.56 Å². The number of aromatic nitrogens is 2. The van der Waals surface area contributed by atoms with E-state index in [4.69, 9.17) is 21.1 Å². The summed E-state index contributed by atoms with van der Waals surface area (Å²) in [6.45, 7) is 2.36. The number of hydrogen-bond donors (Lipinski definition) is 2. The summed E-state index contributed by atoms with van der Waals surface area (Å²) in [4.78, 5) is 15.1. The van der Waals surface area contributed by atoms with Crippen molar-refractivity contribution in [1.29, 1.82) is 0 Å². The van der Waals surface area contributed by atoms with E-state index in [2.05, 4.69) is 10.3 Å². The van der Waals surface area contributed by atoms with E-state index < -0.39 is 5.97 Å². The zero-order chi connectivity index (χ0) is 17.6. The smallest absolute Gasteiger partial charge is 0.335 e. The van der Waals surface area contributed by atoms with Gasteiger partial charge in [0, 0.05) is 24.5 Å². The molecule has 2 N–H and O–H groups in total.